The van der Waals surface area contributed by atoms with Gasteiger partial charge in [0.1, 0.15) is 5.75 Å². The number of hydrogen-bond acceptors (Lipinski definition) is 3. The SMILES string of the molecule is COc1cccc(NC(=O)CN[C@@H](C)c2ccc(F)c(F)c2)c1. The van der Waals surface area contributed by atoms with Gasteiger partial charge in [-0.05, 0) is 36.8 Å². The van der Waals surface area contributed by atoms with Gasteiger partial charge < -0.3 is 15.4 Å². The minimum Gasteiger partial charge on any atom is -0.497 e. The third-order valence-electron chi connectivity index (χ3n) is 3.37. The average Bonchev–Trinajstić information content (AvgIpc) is 2.55. The topological polar surface area (TPSA) is 50.4 Å². The van der Waals surface area contributed by atoms with Crippen molar-refractivity contribution in [3.63, 3.8) is 0 Å². The number of methoxy groups -OCH3 is 1. The van der Waals surface area contributed by atoms with Crippen LogP contribution in [0, 0.1) is 11.6 Å². The van der Waals surface area contributed by atoms with E-state index >= 15 is 0 Å². The van der Waals surface area contributed by atoms with E-state index in [9.17, 15) is 13.6 Å². The third kappa shape index (κ3) is 4.75. The van der Waals surface area contributed by atoms with E-state index in [4.69, 9.17) is 4.74 Å². The van der Waals surface area contributed by atoms with Crippen LogP contribution in [-0.4, -0.2) is 19.6 Å². The molecule has 0 aliphatic carbocycles. The Hall–Kier alpha value is -2.47. The van der Waals surface area contributed by atoms with Crippen LogP contribution in [0.25, 0.3) is 0 Å². The number of amides is 1. The quantitative estimate of drug-likeness (QED) is 0.859. The van der Waals surface area contributed by atoms with Crippen molar-refractivity contribution in [1.29, 1.82) is 0 Å². The number of ether oxygens (including phenoxy) is 1. The van der Waals surface area contributed by atoms with Crippen LogP contribution in [0.2, 0.25) is 0 Å². The second-order valence-corrected chi connectivity index (χ2v) is 5.06. The van der Waals surface area contributed by atoms with Crippen molar-refractivity contribution in [2.75, 3.05) is 19.0 Å². The molecule has 0 saturated heterocycles. The van der Waals surface area contributed by atoms with Gasteiger partial charge in [0.25, 0.3) is 0 Å². The lowest BCUT2D eigenvalue weighted by Gasteiger charge is -2.14. The standard InChI is InChI=1S/C17H18F2N2O2/c1-11(12-6-7-15(18)16(19)8-12)20-10-17(22)21-13-4-3-5-14(9-13)23-2/h3-9,11,20H,10H2,1-2H3,(H,21,22)/t11-/m0/s1. The van der Waals surface area contributed by atoms with E-state index in [0.29, 0.717) is 17.0 Å². The van der Waals surface area contributed by atoms with E-state index in [0.717, 1.165) is 12.1 Å². The van der Waals surface area contributed by atoms with Crippen LogP contribution in [0.1, 0.15) is 18.5 Å². The summed E-state index contributed by atoms with van der Waals surface area (Å²) in [5, 5.41) is 5.69. The number of rotatable bonds is 6. The Morgan fingerprint density at radius 1 is 1.17 bits per heavy atom. The number of nitrogens with one attached hydrogen (secondary N) is 2. The number of benzene rings is 2. The van der Waals surface area contributed by atoms with E-state index in [-0.39, 0.29) is 18.5 Å². The van der Waals surface area contributed by atoms with E-state index in [2.05, 4.69) is 10.6 Å². The first-order valence-corrected chi connectivity index (χ1v) is 7.12. The maximum Gasteiger partial charge on any atom is 0.238 e. The van der Waals surface area contributed by atoms with Crippen molar-refractivity contribution in [2.45, 2.75) is 13.0 Å². The summed E-state index contributed by atoms with van der Waals surface area (Å²) in [6.45, 7) is 1.81. The smallest absolute Gasteiger partial charge is 0.238 e. The van der Waals surface area contributed by atoms with Crippen LogP contribution in [0.3, 0.4) is 0 Å². The lowest BCUT2D eigenvalue weighted by Crippen LogP contribution is -2.30. The van der Waals surface area contributed by atoms with Crippen molar-refractivity contribution in [1.82, 2.24) is 5.32 Å². The molecule has 122 valence electrons. The van der Waals surface area contributed by atoms with Crippen LogP contribution in [0.5, 0.6) is 5.75 Å². The molecule has 0 unspecified atom stereocenters. The summed E-state index contributed by atoms with van der Waals surface area (Å²) < 4.78 is 31.2. The lowest BCUT2D eigenvalue weighted by molar-refractivity contribution is -0.115. The van der Waals surface area contributed by atoms with E-state index in [1.54, 1.807) is 38.3 Å². The van der Waals surface area contributed by atoms with Crippen molar-refractivity contribution < 1.29 is 18.3 Å². The van der Waals surface area contributed by atoms with Gasteiger partial charge in [0.2, 0.25) is 5.91 Å². The highest BCUT2D eigenvalue weighted by Crippen LogP contribution is 2.17. The monoisotopic (exact) mass is 320 g/mol. The van der Waals surface area contributed by atoms with Gasteiger partial charge in [-0.15, -0.1) is 0 Å². The molecule has 0 heterocycles. The van der Waals surface area contributed by atoms with E-state index in [1.807, 2.05) is 0 Å². The molecule has 0 radical (unpaired) electrons. The zero-order chi connectivity index (χ0) is 16.8. The summed E-state index contributed by atoms with van der Waals surface area (Å²) in [4.78, 5) is 11.9. The first-order valence-electron chi connectivity index (χ1n) is 7.12. The van der Waals surface area contributed by atoms with Crippen LogP contribution in [0.4, 0.5) is 14.5 Å². The Labute approximate surface area is 133 Å². The molecular weight excluding hydrogens is 302 g/mol. The summed E-state index contributed by atoms with van der Waals surface area (Å²) in [5.41, 5.74) is 1.19. The second kappa shape index (κ2) is 7.69. The van der Waals surface area contributed by atoms with Crippen molar-refractivity contribution in [3.05, 3.63) is 59.7 Å². The Bertz CT molecular complexity index is 692. The fourth-order valence-electron chi connectivity index (χ4n) is 2.05. The van der Waals surface area contributed by atoms with Gasteiger partial charge >= 0.3 is 0 Å². The number of carbonyl (C=O) groups is 1. The Balaban J connectivity index is 1.89. The molecule has 2 rings (SSSR count). The van der Waals surface area contributed by atoms with Crippen LogP contribution in [-0.2, 0) is 4.79 Å². The normalized spacial score (nSPS) is 11.8. The molecule has 0 aliphatic rings. The molecule has 2 aromatic rings. The fraction of sp³-hybridized carbons (Fsp3) is 0.235. The van der Waals surface area contributed by atoms with Gasteiger partial charge in [-0.1, -0.05) is 12.1 Å². The number of carbonyl (C=O) groups excluding carboxylic acids is 1. The molecule has 0 saturated carbocycles. The zero-order valence-corrected chi connectivity index (χ0v) is 12.9. The molecule has 0 aliphatic heterocycles. The molecule has 0 fully saturated rings. The number of halogens is 2. The molecule has 0 bridgehead atoms. The fourth-order valence-corrected chi connectivity index (χ4v) is 2.05. The Morgan fingerprint density at radius 2 is 1.96 bits per heavy atom. The highest BCUT2D eigenvalue weighted by Gasteiger charge is 2.11. The highest BCUT2D eigenvalue weighted by molar-refractivity contribution is 5.92. The van der Waals surface area contributed by atoms with Gasteiger partial charge in [0.15, 0.2) is 11.6 Å². The maximum atomic E-state index is 13.2. The van der Waals surface area contributed by atoms with Crippen LogP contribution < -0.4 is 15.4 Å². The molecule has 23 heavy (non-hydrogen) atoms. The maximum absolute atomic E-state index is 13.2. The minimum atomic E-state index is -0.906. The highest BCUT2D eigenvalue weighted by atomic mass is 19.2. The van der Waals surface area contributed by atoms with Gasteiger partial charge in [0, 0.05) is 17.8 Å². The Morgan fingerprint density at radius 3 is 2.65 bits per heavy atom. The number of anilines is 1. The molecule has 1 atom stereocenters. The van der Waals surface area contributed by atoms with E-state index < -0.39 is 11.6 Å². The second-order valence-electron chi connectivity index (χ2n) is 5.06. The first kappa shape index (κ1) is 16.9. The molecule has 6 heteroatoms. The van der Waals surface area contributed by atoms with Crippen molar-refractivity contribution in [2.24, 2.45) is 0 Å². The molecule has 2 aromatic carbocycles. The van der Waals surface area contributed by atoms with Gasteiger partial charge in [-0.25, -0.2) is 8.78 Å². The lowest BCUT2D eigenvalue weighted by atomic mass is 10.1. The molecule has 4 nitrogen and oxygen atoms in total. The van der Waals surface area contributed by atoms with E-state index in [1.165, 1.54) is 6.07 Å². The summed E-state index contributed by atoms with van der Waals surface area (Å²) in [7, 11) is 1.55. The summed E-state index contributed by atoms with van der Waals surface area (Å²) in [5.74, 6) is -1.40. The molecule has 2 N–H and O–H groups in total. The summed E-state index contributed by atoms with van der Waals surface area (Å²) in [6, 6.07) is 10.4. The van der Waals surface area contributed by atoms with Crippen molar-refractivity contribution >= 4 is 11.6 Å². The van der Waals surface area contributed by atoms with Gasteiger partial charge in [-0.2, -0.15) is 0 Å². The number of hydrogen-bond donors (Lipinski definition) is 2. The third-order valence-corrected chi connectivity index (χ3v) is 3.37. The zero-order valence-electron chi connectivity index (χ0n) is 12.9. The minimum absolute atomic E-state index is 0.0391. The molecule has 1 amide bonds. The molecular formula is C17H18F2N2O2. The van der Waals surface area contributed by atoms with Crippen LogP contribution in [0.15, 0.2) is 42.5 Å². The predicted octanol–water partition coefficient (Wildman–Crippen LogP) is 3.26. The average molecular weight is 320 g/mol. The summed E-state index contributed by atoms with van der Waals surface area (Å²) in [6.07, 6.45) is 0. The van der Waals surface area contributed by atoms with Crippen molar-refractivity contribution in [3.8, 4) is 5.75 Å². The predicted molar refractivity (Wildman–Crippen MR) is 84.4 cm³/mol. The largest absolute Gasteiger partial charge is 0.497 e. The summed E-state index contributed by atoms with van der Waals surface area (Å²) >= 11 is 0. The molecule has 0 spiro atoms. The van der Waals surface area contributed by atoms with Gasteiger partial charge in [-0.3, -0.25) is 4.79 Å². The molecule has 0 aromatic heterocycles. The first-order chi connectivity index (χ1) is 11.0. The van der Waals surface area contributed by atoms with Crippen LogP contribution >= 0.6 is 0 Å². The Kier molecular flexibility index (Phi) is 5.65. The van der Waals surface area contributed by atoms with Gasteiger partial charge in [0.05, 0.1) is 13.7 Å².